The summed E-state index contributed by atoms with van der Waals surface area (Å²) in [5, 5.41) is 4.34. The molecule has 0 N–H and O–H groups in total. The zero-order valence-corrected chi connectivity index (χ0v) is 12.7. The Bertz CT molecular complexity index is 585. The van der Waals surface area contributed by atoms with Crippen LogP contribution in [0.1, 0.15) is 18.4 Å². The fraction of sp³-hybridized carbons (Fsp3) is 0.533. The van der Waals surface area contributed by atoms with Crippen molar-refractivity contribution in [1.82, 2.24) is 24.6 Å². The lowest BCUT2D eigenvalue weighted by molar-refractivity contribution is 0.242. The SMILES string of the molecule is CCn1nccc1CN1CCN(c2ccnc(C)n2)CC1. The maximum absolute atomic E-state index is 4.51. The third-order valence-corrected chi connectivity index (χ3v) is 3.95. The molecule has 0 atom stereocenters. The number of piperazine rings is 1. The fourth-order valence-electron chi connectivity index (χ4n) is 2.76. The van der Waals surface area contributed by atoms with Gasteiger partial charge in [0, 0.05) is 51.7 Å². The second kappa shape index (κ2) is 6.22. The van der Waals surface area contributed by atoms with Gasteiger partial charge in [0.1, 0.15) is 11.6 Å². The standard InChI is InChI=1S/C15H22N6/c1-3-21-14(4-7-17-21)12-19-8-10-20(11-9-19)15-5-6-16-13(2)18-15/h4-7H,3,8-12H2,1-2H3. The Kier molecular flexibility index (Phi) is 4.15. The summed E-state index contributed by atoms with van der Waals surface area (Å²) in [5.41, 5.74) is 1.30. The maximum atomic E-state index is 4.51. The minimum atomic E-state index is 0.835. The molecule has 1 aliphatic rings. The van der Waals surface area contributed by atoms with Crippen LogP contribution in [-0.2, 0) is 13.1 Å². The maximum Gasteiger partial charge on any atom is 0.132 e. The normalized spacial score (nSPS) is 16.4. The average molecular weight is 286 g/mol. The molecule has 0 bridgehead atoms. The van der Waals surface area contributed by atoms with E-state index in [1.54, 1.807) is 0 Å². The highest BCUT2D eigenvalue weighted by atomic mass is 15.3. The van der Waals surface area contributed by atoms with E-state index < -0.39 is 0 Å². The monoisotopic (exact) mass is 286 g/mol. The van der Waals surface area contributed by atoms with Crippen LogP contribution < -0.4 is 4.90 Å². The Labute approximate surface area is 125 Å². The minimum Gasteiger partial charge on any atom is -0.354 e. The molecule has 0 spiro atoms. The molecular weight excluding hydrogens is 264 g/mol. The molecule has 3 heterocycles. The van der Waals surface area contributed by atoms with E-state index >= 15 is 0 Å². The van der Waals surface area contributed by atoms with Crippen molar-refractivity contribution in [2.75, 3.05) is 31.1 Å². The molecule has 1 fully saturated rings. The van der Waals surface area contributed by atoms with Crippen molar-refractivity contribution >= 4 is 5.82 Å². The molecule has 6 heteroatoms. The quantitative estimate of drug-likeness (QED) is 0.848. The molecule has 0 saturated carbocycles. The Morgan fingerprint density at radius 2 is 1.90 bits per heavy atom. The summed E-state index contributed by atoms with van der Waals surface area (Å²) >= 11 is 0. The third kappa shape index (κ3) is 3.21. The molecule has 0 radical (unpaired) electrons. The Morgan fingerprint density at radius 1 is 1.10 bits per heavy atom. The second-order valence-electron chi connectivity index (χ2n) is 5.36. The van der Waals surface area contributed by atoms with E-state index in [-0.39, 0.29) is 0 Å². The molecular formula is C15H22N6. The van der Waals surface area contributed by atoms with Crippen LogP contribution >= 0.6 is 0 Å². The van der Waals surface area contributed by atoms with Gasteiger partial charge in [0.15, 0.2) is 0 Å². The Hall–Kier alpha value is -1.95. The van der Waals surface area contributed by atoms with E-state index in [0.29, 0.717) is 0 Å². The van der Waals surface area contributed by atoms with Gasteiger partial charge in [-0.15, -0.1) is 0 Å². The van der Waals surface area contributed by atoms with Crippen LogP contribution in [0.3, 0.4) is 0 Å². The van der Waals surface area contributed by atoms with E-state index in [1.165, 1.54) is 5.69 Å². The topological polar surface area (TPSA) is 50.1 Å². The summed E-state index contributed by atoms with van der Waals surface area (Å²) in [6, 6.07) is 4.11. The number of rotatable bonds is 4. The van der Waals surface area contributed by atoms with E-state index in [4.69, 9.17) is 0 Å². The predicted octanol–water partition coefficient (Wildman–Crippen LogP) is 1.32. The molecule has 0 aliphatic carbocycles. The molecule has 0 amide bonds. The van der Waals surface area contributed by atoms with E-state index in [1.807, 2.05) is 25.4 Å². The first-order chi connectivity index (χ1) is 10.3. The van der Waals surface area contributed by atoms with E-state index in [2.05, 4.69) is 42.5 Å². The molecule has 112 valence electrons. The molecule has 0 unspecified atom stereocenters. The van der Waals surface area contributed by atoms with Crippen LogP contribution in [0.4, 0.5) is 5.82 Å². The lowest BCUT2D eigenvalue weighted by Gasteiger charge is -2.35. The molecule has 21 heavy (non-hydrogen) atoms. The van der Waals surface area contributed by atoms with Gasteiger partial charge in [-0.3, -0.25) is 9.58 Å². The van der Waals surface area contributed by atoms with Gasteiger partial charge in [-0.25, -0.2) is 9.97 Å². The van der Waals surface area contributed by atoms with Crippen LogP contribution in [0.5, 0.6) is 0 Å². The zero-order valence-electron chi connectivity index (χ0n) is 12.7. The number of hydrogen-bond acceptors (Lipinski definition) is 5. The number of aryl methyl sites for hydroxylation is 2. The Morgan fingerprint density at radius 3 is 2.62 bits per heavy atom. The highest BCUT2D eigenvalue weighted by molar-refractivity contribution is 5.37. The predicted molar refractivity (Wildman–Crippen MR) is 82.2 cm³/mol. The summed E-state index contributed by atoms with van der Waals surface area (Å²) < 4.78 is 2.07. The van der Waals surface area contributed by atoms with Gasteiger partial charge in [0.05, 0.1) is 5.69 Å². The van der Waals surface area contributed by atoms with Crippen LogP contribution in [0.2, 0.25) is 0 Å². The van der Waals surface area contributed by atoms with Gasteiger partial charge < -0.3 is 4.90 Å². The van der Waals surface area contributed by atoms with Crippen molar-refractivity contribution in [2.24, 2.45) is 0 Å². The molecule has 1 saturated heterocycles. The number of anilines is 1. The van der Waals surface area contributed by atoms with Gasteiger partial charge in [0.25, 0.3) is 0 Å². The summed E-state index contributed by atoms with van der Waals surface area (Å²) in [6.45, 7) is 10.1. The Balaban J connectivity index is 1.58. The summed E-state index contributed by atoms with van der Waals surface area (Å²) in [6.07, 6.45) is 3.72. The van der Waals surface area contributed by atoms with Gasteiger partial charge in [-0.2, -0.15) is 5.10 Å². The number of nitrogens with zero attached hydrogens (tertiary/aromatic N) is 6. The van der Waals surface area contributed by atoms with Crippen molar-refractivity contribution in [2.45, 2.75) is 26.9 Å². The third-order valence-electron chi connectivity index (χ3n) is 3.95. The van der Waals surface area contributed by atoms with Gasteiger partial charge in [-0.1, -0.05) is 0 Å². The van der Waals surface area contributed by atoms with Crippen molar-refractivity contribution in [1.29, 1.82) is 0 Å². The van der Waals surface area contributed by atoms with Crippen LogP contribution in [0.25, 0.3) is 0 Å². The first-order valence-electron chi connectivity index (χ1n) is 7.54. The van der Waals surface area contributed by atoms with Crippen molar-refractivity contribution in [3.8, 4) is 0 Å². The minimum absolute atomic E-state index is 0.835. The summed E-state index contributed by atoms with van der Waals surface area (Å²) in [5.74, 6) is 1.88. The van der Waals surface area contributed by atoms with Gasteiger partial charge >= 0.3 is 0 Å². The van der Waals surface area contributed by atoms with Gasteiger partial charge in [0.2, 0.25) is 0 Å². The van der Waals surface area contributed by atoms with Gasteiger partial charge in [-0.05, 0) is 26.0 Å². The highest BCUT2D eigenvalue weighted by Crippen LogP contribution is 2.14. The summed E-state index contributed by atoms with van der Waals surface area (Å²) in [4.78, 5) is 13.5. The lowest BCUT2D eigenvalue weighted by atomic mass is 10.3. The number of aromatic nitrogens is 4. The first-order valence-corrected chi connectivity index (χ1v) is 7.54. The zero-order chi connectivity index (χ0) is 14.7. The fourth-order valence-corrected chi connectivity index (χ4v) is 2.76. The molecule has 6 nitrogen and oxygen atoms in total. The van der Waals surface area contributed by atoms with Crippen molar-refractivity contribution in [3.05, 3.63) is 36.0 Å². The van der Waals surface area contributed by atoms with Crippen molar-refractivity contribution in [3.63, 3.8) is 0 Å². The first kappa shape index (κ1) is 14.0. The van der Waals surface area contributed by atoms with Crippen LogP contribution in [0.15, 0.2) is 24.5 Å². The number of hydrogen-bond donors (Lipinski definition) is 0. The van der Waals surface area contributed by atoms with Crippen LogP contribution in [0, 0.1) is 6.92 Å². The van der Waals surface area contributed by atoms with E-state index in [9.17, 15) is 0 Å². The van der Waals surface area contributed by atoms with E-state index in [0.717, 1.165) is 50.9 Å². The lowest BCUT2D eigenvalue weighted by Crippen LogP contribution is -2.46. The molecule has 0 aromatic carbocycles. The smallest absolute Gasteiger partial charge is 0.132 e. The second-order valence-corrected chi connectivity index (χ2v) is 5.36. The highest BCUT2D eigenvalue weighted by Gasteiger charge is 2.19. The van der Waals surface area contributed by atoms with Crippen LogP contribution in [-0.4, -0.2) is 50.8 Å². The largest absolute Gasteiger partial charge is 0.354 e. The average Bonchev–Trinajstić information content (AvgIpc) is 2.95. The van der Waals surface area contributed by atoms with Crippen molar-refractivity contribution < 1.29 is 0 Å². The molecule has 2 aromatic heterocycles. The molecule has 3 rings (SSSR count). The molecule has 2 aromatic rings. The summed E-state index contributed by atoms with van der Waals surface area (Å²) in [7, 11) is 0. The molecule has 1 aliphatic heterocycles.